The first kappa shape index (κ1) is 16.4. The molecule has 0 aliphatic heterocycles. The number of carbonyl (C=O) groups is 1. The molecule has 0 heterocycles. The fourth-order valence-electron chi connectivity index (χ4n) is 1.97. The maximum absolute atomic E-state index is 13.4. The molecule has 20 heavy (non-hydrogen) atoms. The number of methoxy groups -OCH3 is 2. The predicted molar refractivity (Wildman–Crippen MR) is 75.1 cm³/mol. The zero-order chi connectivity index (χ0) is 15.3. The summed E-state index contributed by atoms with van der Waals surface area (Å²) in [6, 6.07) is 4.11. The van der Waals surface area contributed by atoms with Gasteiger partial charge < -0.3 is 9.47 Å². The summed E-state index contributed by atoms with van der Waals surface area (Å²) in [6.45, 7) is 5.78. The number of hydrogen-bond acceptors (Lipinski definition) is 4. The number of rotatable bonds is 6. The van der Waals surface area contributed by atoms with Gasteiger partial charge in [0, 0.05) is 6.04 Å². The SMILES string of the molecule is COC(=O)C(NC(C)c1ccc(F)c(OC)c1)C(C)C. The molecule has 5 heteroatoms. The average Bonchev–Trinajstić information content (AvgIpc) is 2.43. The third-order valence-corrected chi connectivity index (χ3v) is 3.23. The van der Waals surface area contributed by atoms with Crippen LogP contribution < -0.4 is 10.1 Å². The van der Waals surface area contributed by atoms with Gasteiger partial charge in [0.15, 0.2) is 11.6 Å². The van der Waals surface area contributed by atoms with Gasteiger partial charge >= 0.3 is 5.97 Å². The Morgan fingerprint density at radius 2 is 1.90 bits per heavy atom. The van der Waals surface area contributed by atoms with E-state index in [1.807, 2.05) is 20.8 Å². The van der Waals surface area contributed by atoms with Crippen LogP contribution in [0.1, 0.15) is 32.4 Å². The summed E-state index contributed by atoms with van der Waals surface area (Å²) in [5.74, 6) is -0.430. The van der Waals surface area contributed by atoms with Gasteiger partial charge in [0.05, 0.1) is 14.2 Å². The molecule has 2 unspecified atom stereocenters. The maximum atomic E-state index is 13.4. The van der Waals surface area contributed by atoms with Crippen molar-refractivity contribution in [1.82, 2.24) is 5.32 Å². The summed E-state index contributed by atoms with van der Waals surface area (Å²) < 4.78 is 23.1. The Labute approximate surface area is 119 Å². The number of hydrogen-bond donors (Lipinski definition) is 1. The van der Waals surface area contributed by atoms with Crippen molar-refractivity contribution in [3.05, 3.63) is 29.6 Å². The van der Waals surface area contributed by atoms with Crippen LogP contribution in [0.3, 0.4) is 0 Å². The van der Waals surface area contributed by atoms with E-state index in [1.54, 1.807) is 12.1 Å². The van der Waals surface area contributed by atoms with Crippen molar-refractivity contribution in [3.63, 3.8) is 0 Å². The summed E-state index contributed by atoms with van der Waals surface area (Å²) in [5.41, 5.74) is 0.845. The number of halogens is 1. The molecule has 0 amide bonds. The lowest BCUT2D eigenvalue weighted by Gasteiger charge is -2.24. The molecule has 0 aliphatic rings. The van der Waals surface area contributed by atoms with Gasteiger partial charge in [0.1, 0.15) is 6.04 Å². The first-order chi connectivity index (χ1) is 9.40. The fourth-order valence-corrected chi connectivity index (χ4v) is 1.97. The molecule has 2 atom stereocenters. The molecule has 0 spiro atoms. The Hall–Kier alpha value is -1.62. The Kier molecular flexibility index (Phi) is 5.95. The van der Waals surface area contributed by atoms with Gasteiger partial charge in [-0.3, -0.25) is 10.1 Å². The van der Waals surface area contributed by atoms with Crippen molar-refractivity contribution in [2.24, 2.45) is 5.92 Å². The summed E-state index contributed by atoms with van der Waals surface area (Å²) >= 11 is 0. The Morgan fingerprint density at radius 3 is 2.40 bits per heavy atom. The maximum Gasteiger partial charge on any atom is 0.323 e. The highest BCUT2D eigenvalue weighted by atomic mass is 19.1. The zero-order valence-electron chi connectivity index (χ0n) is 12.6. The molecule has 4 nitrogen and oxygen atoms in total. The van der Waals surface area contributed by atoms with Crippen LogP contribution in [0.5, 0.6) is 5.75 Å². The van der Waals surface area contributed by atoms with Crippen molar-refractivity contribution in [2.75, 3.05) is 14.2 Å². The van der Waals surface area contributed by atoms with E-state index in [9.17, 15) is 9.18 Å². The molecule has 112 valence electrons. The highest BCUT2D eigenvalue weighted by molar-refractivity contribution is 5.76. The lowest BCUT2D eigenvalue weighted by atomic mass is 10.0. The monoisotopic (exact) mass is 283 g/mol. The van der Waals surface area contributed by atoms with Gasteiger partial charge in [0.2, 0.25) is 0 Å². The summed E-state index contributed by atoms with van der Waals surface area (Å²) in [5, 5.41) is 3.20. The van der Waals surface area contributed by atoms with E-state index in [0.717, 1.165) is 5.56 Å². The minimum Gasteiger partial charge on any atom is -0.494 e. The fraction of sp³-hybridized carbons (Fsp3) is 0.533. The normalized spacial score (nSPS) is 13.9. The molecule has 0 radical (unpaired) electrons. The molecule has 0 saturated carbocycles. The molecule has 1 N–H and O–H groups in total. The molecule has 0 fully saturated rings. The van der Waals surface area contributed by atoms with Crippen LogP contribution in [0.2, 0.25) is 0 Å². The van der Waals surface area contributed by atoms with Crippen LogP contribution >= 0.6 is 0 Å². The van der Waals surface area contributed by atoms with Crippen LogP contribution in [-0.4, -0.2) is 26.2 Å². The van der Waals surface area contributed by atoms with Gasteiger partial charge in [-0.25, -0.2) is 4.39 Å². The van der Waals surface area contributed by atoms with Gasteiger partial charge in [-0.05, 0) is 30.5 Å². The number of esters is 1. The highest BCUT2D eigenvalue weighted by Gasteiger charge is 2.25. The molecular formula is C15H22FNO3. The molecule has 1 aromatic carbocycles. The Morgan fingerprint density at radius 1 is 1.25 bits per heavy atom. The topological polar surface area (TPSA) is 47.6 Å². The average molecular weight is 283 g/mol. The van der Waals surface area contributed by atoms with E-state index in [2.05, 4.69) is 5.32 Å². The van der Waals surface area contributed by atoms with E-state index in [4.69, 9.17) is 9.47 Å². The first-order valence-corrected chi connectivity index (χ1v) is 6.58. The molecular weight excluding hydrogens is 261 g/mol. The minimum atomic E-state index is -0.411. The number of nitrogens with one attached hydrogen (secondary N) is 1. The standard InChI is InChI=1S/C15H22FNO3/c1-9(2)14(15(18)20-5)17-10(3)11-6-7-12(16)13(8-11)19-4/h6-10,14,17H,1-5H3. The quantitative estimate of drug-likeness (QED) is 0.815. The number of ether oxygens (including phenoxy) is 2. The predicted octanol–water partition coefficient (Wildman–Crippen LogP) is 2.68. The number of benzene rings is 1. The van der Waals surface area contributed by atoms with Crippen molar-refractivity contribution in [1.29, 1.82) is 0 Å². The van der Waals surface area contributed by atoms with Gasteiger partial charge in [-0.2, -0.15) is 0 Å². The van der Waals surface area contributed by atoms with Gasteiger partial charge in [-0.1, -0.05) is 19.9 Å². The number of carbonyl (C=O) groups excluding carboxylic acids is 1. The van der Waals surface area contributed by atoms with Crippen molar-refractivity contribution >= 4 is 5.97 Å². The van der Waals surface area contributed by atoms with Crippen LogP contribution in [0.15, 0.2) is 18.2 Å². The van der Waals surface area contributed by atoms with E-state index in [-0.39, 0.29) is 23.7 Å². The second-order valence-electron chi connectivity index (χ2n) is 5.03. The third kappa shape index (κ3) is 3.93. The smallest absolute Gasteiger partial charge is 0.323 e. The molecule has 1 rings (SSSR count). The summed E-state index contributed by atoms with van der Waals surface area (Å²) in [6.07, 6.45) is 0. The Bertz CT molecular complexity index is 462. The Balaban J connectivity index is 2.88. The summed E-state index contributed by atoms with van der Waals surface area (Å²) in [7, 11) is 2.79. The van der Waals surface area contributed by atoms with Crippen LogP contribution in [0.4, 0.5) is 4.39 Å². The van der Waals surface area contributed by atoms with Crippen LogP contribution in [0, 0.1) is 11.7 Å². The third-order valence-electron chi connectivity index (χ3n) is 3.23. The first-order valence-electron chi connectivity index (χ1n) is 6.58. The zero-order valence-corrected chi connectivity index (χ0v) is 12.6. The highest BCUT2D eigenvalue weighted by Crippen LogP contribution is 2.23. The summed E-state index contributed by atoms with van der Waals surface area (Å²) in [4.78, 5) is 11.7. The van der Waals surface area contributed by atoms with Gasteiger partial charge in [-0.15, -0.1) is 0 Å². The lowest BCUT2D eigenvalue weighted by Crippen LogP contribution is -2.42. The van der Waals surface area contributed by atoms with Gasteiger partial charge in [0.25, 0.3) is 0 Å². The second kappa shape index (κ2) is 7.24. The molecule has 0 bridgehead atoms. The van der Waals surface area contributed by atoms with Crippen LogP contribution in [-0.2, 0) is 9.53 Å². The molecule has 0 saturated heterocycles. The van der Waals surface area contributed by atoms with Crippen molar-refractivity contribution in [2.45, 2.75) is 32.9 Å². The lowest BCUT2D eigenvalue weighted by molar-refractivity contribution is -0.144. The van der Waals surface area contributed by atoms with E-state index >= 15 is 0 Å². The minimum absolute atomic E-state index is 0.0900. The molecule has 0 aliphatic carbocycles. The largest absolute Gasteiger partial charge is 0.494 e. The van der Waals surface area contributed by atoms with Crippen molar-refractivity contribution < 1.29 is 18.7 Å². The van der Waals surface area contributed by atoms with Crippen molar-refractivity contribution in [3.8, 4) is 5.75 Å². The van der Waals surface area contributed by atoms with E-state index in [0.29, 0.717) is 0 Å². The molecule has 1 aromatic rings. The van der Waals surface area contributed by atoms with Crippen LogP contribution in [0.25, 0.3) is 0 Å². The van der Waals surface area contributed by atoms with E-state index in [1.165, 1.54) is 20.3 Å². The second-order valence-corrected chi connectivity index (χ2v) is 5.03. The van der Waals surface area contributed by atoms with E-state index < -0.39 is 11.9 Å². The molecule has 0 aromatic heterocycles.